The third-order valence-corrected chi connectivity index (χ3v) is 3.89. The number of phenols is 2. The van der Waals surface area contributed by atoms with Gasteiger partial charge >= 0.3 is 0 Å². The number of benzene rings is 2. The fraction of sp³-hybridized carbons (Fsp3) is 0.208. The van der Waals surface area contributed by atoms with Gasteiger partial charge in [-0.05, 0) is 47.5 Å². The highest BCUT2D eigenvalue weighted by Crippen LogP contribution is 2.27. The van der Waals surface area contributed by atoms with E-state index >= 15 is 0 Å². The number of carbonyl (C=O) groups excluding carboxylic acids is 3. The molecule has 0 aliphatic rings. The Morgan fingerprint density at radius 3 is 1.53 bits per heavy atom. The Balaban J connectivity index is 0.000000920. The summed E-state index contributed by atoms with van der Waals surface area (Å²) in [4.78, 5) is 34.7. The highest BCUT2D eigenvalue weighted by molar-refractivity contribution is 6.10. The normalized spacial score (nSPS) is 10.4. The van der Waals surface area contributed by atoms with Crippen molar-refractivity contribution in [3.05, 3.63) is 59.7 Å². The van der Waals surface area contributed by atoms with Gasteiger partial charge in [0.05, 0.1) is 20.6 Å². The van der Waals surface area contributed by atoms with E-state index in [4.69, 9.17) is 9.47 Å². The number of amides is 1. The maximum absolute atomic E-state index is 11.9. The maximum Gasteiger partial charge on any atom is 0.209 e. The first kappa shape index (κ1) is 26.0. The Hall–Kier alpha value is -4.07. The number of hydrogen-bond acceptors (Lipinski definition) is 7. The molecule has 0 radical (unpaired) electrons. The van der Waals surface area contributed by atoms with Crippen LogP contribution in [0.1, 0.15) is 17.5 Å². The summed E-state index contributed by atoms with van der Waals surface area (Å²) in [7, 11) is 6.24. The van der Waals surface area contributed by atoms with Crippen LogP contribution in [0.25, 0.3) is 12.2 Å². The molecule has 8 nitrogen and oxygen atoms in total. The van der Waals surface area contributed by atoms with Gasteiger partial charge in [0.15, 0.2) is 34.6 Å². The van der Waals surface area contributed by atoms with E-state index in [1.807, 2.05) is 0 Å². The van der Waals surface area contributed by atoms with Crippen LogP contribution in [0, 0.1) is 0 Å². The summed E-state index contributed by atoms with van der Waals surface area (Å²) < 4.78 is 10.00. The lowest BCUT2D eigenvalue weighted by Crippen LogP contribution is -2.06. The van der Waals surface area contributed by atoms with Crippen molar-refractivity contribution >= 4 is 30.1 Å². The van der Waals surface area contributed by atoms with E-state index in [2.05, 4.69) is 0 Å². The molecule has 0 unspecified atom stereocenters. The largest absolute Gasteiger partial charge is 0.504 e. The van der Waals surface area contributed by atoms with Gasteiger partial charge in [0.2, 0.25) is 6.41 Å². The smallest absolute Gasteiger partial charge is 0.209 e. The van der Waals surface area contributed by atoms with Gasteiger partial charge in [0.1, 0.15) is 0 Å². The molecular weight excluding hydrogens is 414 g/mol. The lowest BCUT2D eigenvalue weighted by Gasteiger charge is -2.03. The van der Waals surface area contributed by atoms with Crippen LogP contribution in [0.2, 0.25) is 0 Å². The zero-order valence-corrected chi connectivity index (χ0v) is 18.4. The predicted molar refractivity (Wildman–Crippen MR) is 122 cm³/mol. The molecule has 0 aromatic heterocycles. The minimum Gasteiger partial charge on any atom is -0.504 e. The first-order valence-corrected chi connectivity index (χ1v) is 9.47. The Kier molecular flexibility index (Phi) is 10.8. The van der Waals surface area contributed by atoms with Crippen molar-refractivity contribution in [2.24, 2.45) is 0 Å². The first-order chi connectivity index (χ1) is 15.2. The molecule has 0 atom stereocenters. The lowest BCUT2D eigenvalue weighted by atomic mass is 10.1. The Bertz CT molecular complexity index is 920. The first-order valence-electron chi connectivity index (χ1n) is 9.47. The topological polar surface area (TPSA) is 113 Å². The number of hydrogen-bond donors (Lipinski definition) is 2. The van der Waals surface area contributed by atoms with Gasteiger partial charge in [0.25, 0.3) is 0 Å². The van der Waals surface area contributed by atoms with Crippen LogP contribution in [-0.2, 0) is 14.4 Å². The number of phenolic OH excluding ortho intramolecular Hbond substituents is 2. The molecule has 2 aromatic rings. The van der Waals surface area contributed by atoms with Crippen molar-refractivity contribution in [2.45, 2.75) is 6.42 Å². The molecule has 2 rings (SSSR count). The molecule has 170 valence electrons. The molecule has 8 heteroatoms. The minimum atomic E-state index is -0.347. The van der Waals surface area contributed by atoms with E-state index in [0.717, 1.165) is 6.41 Å². The number of allylic oxidation sites excluding steroid dienone is 2. The van der Waals surface area contributed by atoms with Crippen molar-refractivity contribution in [2.75, 3.05) is 28.3 Å². The zero-order chi connectivity index (χ0) is 24.1. The molecule has 0 heterocycles. The van der Waals surface area contributed by atoms with Crippen LogP contribution in [0.15, 0.2) is 48.6 Å². The summed E-state index contributed by atoms with van der Waals surface area (Å²) >= 11 is 0. The molecule has 0 saturated carbocycles. The fourth-order valence-corrected chi connectivity index (χ4v) is 2.26. The third-order valence-electron chi connectivity index (χ3n) is 3.89. The summed E-state index contributed by atoms with van der Waals surface area (Å²) in [5, 5.41) is 19.1. The molecule has 2 aromatic carbocycles. The van der Waals surface area contributed by atoms with Crippen LogP contribution in [0.5, 0.6) is 23.0 Å². The van der Waals surface area contributed by atoms with Gasteiger partial charge in [-0.1, -0.05) is 24.3 Å². The number of ketones is 2. The van der Waals surface area contributed by atoms with E-state index < -0.39 is 0 Å². The SMILES string of the molecule is CN(C)C=O.COc1cc(/C=C/C(=O)CC(=O)/C=C/c2ccc(O)c(OC)c2)ccc1O. The van der Waals surface area contributed by atoms with Crippen LogP contribution < -0.4 is 9.47 Å². The van der Waals surface area contributed by atoms with Crippen LogP contribution >= 0.6 is 0 Å². The molecule has 0 saturated heterocycles. The second-order valence-corrected chi connectivity index (χ2v) is 6.71. The predicted octanol–water partition coefficient (Wildman–Crippen LogP) is 3.07. The Labute approximate surface area is 187 Å². The molecule has 0 bridgehead atoms. The van der Waals surface area contributed by atoms with Gasteiger partial charge in [0, 0.05) is 14.1 Å². The number of rotatable bonds is 9. The zero-order valence-electron chi connectivity index (χ0n) is 18.4. The number of aromatic hydroxyl groups is 2. The molecule has 0 aliphatic carbocycles. The van der Waals surface area contributed by atoms with E-state index in [1.165, 1.54) is 43.4 Å². The van der Waals surface area contributed by atoms with Crippen molar-refractivity contribution in [3.63, 3.8) is 0 Å². The average molecular weight is 441 g/mol. The van der Waals surface area contributed by atoms with E-state index in [0.29, 0.717) is 22.6 Å². The number of carbonyl (C=O) groups is 3. The molecule has 1 amide bonds. The van der Waals surface area contributed by atoms with Crippen LogP contribution in [0.3, 0.4) is 0 Å². The van der Waals surface area contributed by atoms with E-state index in [1.54, 1.807) is 50.5 Å². The fourth-order valence-electron chi connectivity index (χ4n) is 2.26. The van der Waals surface area contributed by atoms with Gasteiger partial charge in [-0.25, -0.2) is 0 Å². The summed E-state index contributed by atoms with van der Waals surface area (Å²) in [6, 6.07) is 9.34. The number of methoxy groups -OCH3 is 2. The second kappa shape index (κ2) is 13.3. The third kappa shape index (κ3) is 9.17. The van der Waals surface area contributed by atoms with E-state index in [-0.39, 0.29) is 29.5 Å². The molecular formula is C24H27NO7. The van der Waals surface area contributed by atoms with E-state index in [9.17, 15) is 24.6 Å². The minimum absolute atomic E-state index is 0.00662. The summed E-state index contributed by atoms with van der Waals surface area (Å²) in [6.45, 7) is 0. The molecule has 32 heavy (non-hydrogen) atoms. The summed E-state index contributed by atoms with van der Waals surface area (Å²) in [6.07, 6.45) is 6.19. The maximum atomic E-state index is 11.9. The summed E-state index contributed by atoms with van der Waals surface area (Å²) in [5.41, 5.74) is 1.33. The van der Waals surface area contributed by atoms with Crippen molar-refractivity contribution in [1.82, 2.24) is 4.90 Å². The molecule has 0 fully saturated rings. The Morgan fingerprint density at radius 1 is 0.844 bits per heavy atom. The monoisotopic (exact) mass is 441 g/mol. The van der Waals surface area contributed by atoms with Gasteiger partial charge in [-0.15, -0.1) is 0 Å². The van der Waals surface area contributed by atoms with Gasteiger partial charge in [-0.3, -0.25) is 14.4 Å². The quantitative estimate of drug-likeness (QED) is 0.349. The average Bonchev–Trinajstić information content (AvgIpc) is 2.78. The van der Waals surface area contributed by atoms with Gasteiger partial charge in [-0.2, -0.15) is 0 Å². The van der Waals surface area contributed by atoms with Crippen molar-refractivity contribution < 1.29 is 34.1 Å². The summed E-state index contributed by atoms with van der Waals surface area (Å²) in [5.74, 6) is -0.0832. The lowest BCUT2D eigenvalue weighted by molar-refractivity contribution is -0.122. The highest BCUT2D eigenvalue weighted by atomic mass is 16.5. The highest BCUT2D eigenvalue weighted by Gasteiger charge is 2.06. The number of nitrogens with zero attached hydrogens (tertiary/aromatic N) is 1. The molecule has 0 aliphatic heterocycles. The number of ether oxygens (including phenoxy) is 2. The van der Waals surface area contributed by atoms with Crippen LogP contribution in [0.4, 0.5) is 0 Å². The van der Waals surface area contributed by atoms with Crippen LogP contribution in [-0.4, -0.2) is 61.4 Å². The molecule has 2 N–H and O–H groups in total. The standard InChI is InChI=1S/C21H20O6.C3H7NO/c1-26-20-11-14(5-9-18(20)24)3-7-16(22)13-17(23)8-4-15-6-10-19(25)21(12-15)27-2;1-4(2)3-5/h3-12,24-25H,13H2,1-2H3;3H,1-2H3/b7-3+,8-4+;. The van der Waals surface area contributed by atoms with Crippen molar-refractivity contribution in [3.8, 4) is 23.0 Å². The Morgan fingerprint density at radius 2 is 1.22 bits per heavy atom. The second-order valence-electron chi connectivity index (χ2n) is 6.71. The van der Waals surface area contributed by atoms with Crippen molar-refractivity contribution in [1.29, 1.82) is 0 Å². The molecule has 0 spiro atoms. The van der Waals surface area contributed by atoms with Gasteiger partial charge < -0.3 is 24.6 Å².